The second-order valence-corrected chi connectivity index (χ2v) is 11.5. The molecule has 0 unspecified atom stereocenters. The maximum Gasteiger partial charge on any atom is 0.272 e. The second kappa shape index (κ2) is 15.9. The lowest BCUT2D eigenvalue weighted by Gasteiger charge is -2.32. The van der Waals surface area contributed by atoms with Crippen LogP contribution in [-0.2, 0) is 25.7 Å². The van der Waals surface area contributed by atoms with E-state index in [1.165, 1.54) is 23.5 Å². The Bertz CT molecular complexity index is 1240. The smallest absolute Gasteiger partial charge is 0.272 e. The number of carbonyl (C=O) groups excluding carboxylic acids is 5. The molecule has 2 aromatic rings. The first kappa shape index (κ1) is 33.3. The molecule has 2 heterocycles. The molecule has 5 atom stereocenters. The Morgan fingerprint density at radius 1 is 0.977 bits per heavy atom. The normalized spacial score (nSPS) is 18.5. The Labute approximate surface area is 252 Å². The molecule has 1 aromatic carbocycles. The Balaban J connectivity index is 1.78. The average molecular weight is 594 g/mol. The van der Waals surface area contributed by atoms with Crippen molar-refractivity contribution in [3.05, 3.63) is 60.2 Å². The molecule has 12 nitrogen and oxygen atoms in total. The summed E-state index contributed by atoms with van der Waals surface area (Å²) < 4.78 is 0. The van der Waals surface area contributed by atoms with Gasteiger partial charge in [-0.3, -0.25) is 24.2 Å². The molecule has 232 valence electrons. The van der Waals surface area contributed by atoms with Gasteiger partial charge in [0.15, 0.2) is 0 Å². The van der Waals surface area contributed by atoms with Crippen molar-refractivity contribution in [3.63, 3.8) is 0 Å². The molecule has 0 bridgehead atoms. The van der Waals surface area contributed by atoms with Crippen molar-refractivity contribution in [1.82, 2.24) is 36.1 Å². The van der Waals surface area contributed by atoms with E-state index in [9.17, 15) is 24.0 Å². The zero-order valence-corrected chi connectivity index (χ0v) is 25.4. The fourth-order valence-corrected chi connectivity index (χ4v) is 4.95. The maximum atomic E-state index is 14.0. The van der Waals surface area contributed by atoms with Crippen LogP contribution in [0.5, 0.6) is 0 Å². The largest absolute Gasteiger partial charge is 0.345 e. The maximum absolute atomic E-state index is 14.0. The fourth-order valence-electron chi connectivity index (χ4n) is 4.95. The molecule has 1 fully saturated rings. The van der Waals surface area contributed by atoms with Crippen LogP contribution in [0.25, 0.3) is 0 Å². The molecule has 1 aliphatic heterocycles. The highest BCUT2D eigenvalue weighted by molar-refractivity contribution is 5.98. The molecule has 1 aromatic heterocycles. The van der Waals surface area contributed by atoms with Gasteiger partial charge >= 0.3 is 0 Å². The van der Waals surface area contributed by atoms with Gasteiger partial charge in [0.05, 0.1) is 12.2 Å². The van der Waals surface area contributed by atoms with Gasteiger partial charge in [-0.1, -0.05) is 65.0 Å². The standard InChI is InChI=1S/C31H43N7O5/c1-6-22(18-39)35-29(41)25-14-23(34-15-21-10-8-7-9-11-21)17-38(25)31(43)27(20(4)5)37-30(42)26(19(2)3)36-28(40)24-16-32-12-13-33-24/h7-13,16,18-20,22-23,25-27,34H,6,14-15,17H2,1-5H3,(H,35,41)(H,36,40)(H,37,42)/t22-,23+,25-,26-,27-/m0/s1. The summed E-state index contributed by atoms with van der Waals surface area (Å²) in [6, 6.07) is 6.22. The van der Waals surface area contributed by atoms with E-state index in [0.717, 1.165) is 5.56 Å². The van der Waals surface area contributed by atoms with Gasteiger partial charge in [0.2, 0.25) is 17.7 Å². The van der Waals surface area contributed by atoms with E-state index in [1.807, 2.05) is 30.3 Å². The summed E-state index contributed by atoms with van der Waals surface area (Å²) in [6.45, 7) is 9.78. The molecule has 1 aliphatic rings. The SMILES string of the molecule is CC[C@@H](C=O)NC(=O)[C@@H]1C[C@@H](NCc2ccccc2)CN1C(=O)[C@@H](NC(=O)[C@@H](NC(=O)c1cnccn1)C(C)C)C(C)C. The Hall–Kier alpha value is -4.19. The van der Waals surface area contributed by atoms with E-state index in [0.29, 0.717) is 25.7 Å². The van der Waals surface area contributed by atoms with Gasteiger partial charge in [-0.25, -0.2) is 4.98 Å². The molecule has 0 saturated carbocycles. The van der Waals surface area contributed by atoms with Crippen molar-refractivity contribution in [1.29, 1.82) is 0 Å². The third-order valence-corrected chi connectivity index (χ3v) is 7.52. The summed E-state index contributed by atoms with van der Waals surface area (Å²) >= 11 is 0. The highest BCUT2D eigenvalue weighted by Crippen LogP contribution is 2.22. The van der Waals surface area contributed by atoms with E-state index < -0.39 is 47.8 Å². The number of likely N-dealkylation sites (tertiary alicyclic amines) is 1. The van der Waals surface area contributed by atoms with E-state index in [2.05, 4.69) is 31.2 Å². The van der Waals surface area contributed by atoms with Crippen molar-refractivity contribution >= 4 is 29.9 Å². The summed E-state index contributed by atoms with van der Waals surface area (Å²) in [6.07, 6.45) is 5.59. The Morgan fingerprint density at radius 3 is 2.26 bits per heavy atom. The molecule has 12 heteroatoms. The molecule has 0 radical (unpaired) electrons. The summed E-state index contributed by atoms with van der Waals surface area (Å²) in [5, 5.41) is 11.7. The Kier molecular flexibility index (Phi) is 12.3. The minimum atomic E-state index is -0.960. The third-order valence-electron chi connectivity index (χ3n) is 7.52. The van der Waals surface area contributed by atoms with Crippen molar-refractivity contribution < 1.29 is 24.0 Å². The summed E-state index contributed by atoms with van der Waals surface area (Å²) in [7, 11) is 0. The quantitative estimate of drug-likeness (QED) is 0.238. The van der Waals surface area contributed by atoms with Gasteiger partial charge in [-0.15, -0.1) is 0 Å². The van der Waals surface area contributed by atoms with Crippen molar-refractivity contribution in [2.24, 2.45) is 11.8 Å². The van der Waals surface area contributed by atoms with Gasteiger partial charge in [-0.05, 0) is 30.2 Å². The van der Waals surface area contributed by atoms with Crippen LogP contribution in [0.4, 0.5) is 0 Å². The molecular formula is C31H43N7O5. The first-order valence-electron chi connectivity index (χ1n) is 14.8. The minimum absolute atomic E-state index is 0.0677. The second-order valence-electron chi connectivity index (χ2n) is 11.5. The number of aromatic nitrogens is 2. The van der Waals surface area contributed by atoms with E-state index in [-0.39, 0.29) is 30.1 Å². The number of nitrogens with one attached hydrogen (secondary N) is 4. The average Bonchev–Trinajstić information content (AvgIpc) is 3.44. The van der Waals surface area contributed by atoms with Crippen LogP contribution in [0.15, 0.2) is 48.9 Å². The van der Waals surface area contributed by atoms with Gasteiger partial charge in [0.25, 0.3) is 5.91 Å². The predicted molar refractivity (Wildman–Crippen MR) is 160 cm³/mol. The Morgan fingerprint density at radius 2 is 1.67 bits per heavy atom. The van der Waals surface area contributed by atoms with Crippen LogP contribution in [0.2, 0.25) is 0 Å². The van der Waals surface area contributed by atoms with Crippen LogP contribution in [0, 0.1) is 11.8 Å². The molecule has 0 aliphatic carbocycles. The minimum Gasteiger partial charge on any atom is -0.345 e. The highest BCUT2D eigenvalue weighted by Gasteiger charge is 2.43. The van der Waals surface area contributed by atoms with Gasteiger partial charge in [0.1, 0.15) is 30.1 Å². The topological polar surface area (TPSA) is 162 Å². The molecule has 43 heavy (non-hydrogen) atoms. The van der Waals surface area contributed by atoms with Gasteiger partial charge in [0, 0.05) is 31.5 Å². The molecule has 1 saturated heterocycles. The number of rotatable bonds is 14. The number of hydrogen-bond acceptors (Lipinski definition) is 8. The number of carbonyl (C=O) groups is 5. The zero-order valence-electron chi connectivity index (χ0n) is 25.4. The van der Waals surface area contributed by atoms with Crippen LogP contribution in [-0.4, -0.2) is 81.5 Å². The van der Waals surface area contributed by atoms with Crippen LogP contribution in [0.3, 0.4) is 0 Å². The van der Waals surface area contributed by atoms with E-state index in [1.54, 1.807) is 34.6 Å². The lowest BCUT2D eigenvalue weighted by Crippen LogP contribution is -2.59. The monoisotopic (exact) mass is 593 g/mol. The van der Waals surface area contributed by atoms with E-state index >= 15 is 0 Å². The molecular weight excluding hydrogens is 550 g/mol. The van der Waals surface area contributed by atoms with Gasteiger partial charge < -0.3 is 31.0 Å². The van der Waals surface area contributed by atoms with Crippen LogP contribution >= 0.6 is 0 Å². The predicted octanol–water partition coefficient (Wildman–Crippen LogP) is 1.22. The molecule has 0 spiro atoms. The van der Waals surface area contributed by atoms with Gasteiger partial charge in [-0.2, -0.15) is 0 Å². The van der Waals surface area contributed by atoms with Crippen LogP contribution in [0.1, 0.15) is 63.5 Å². The summed E-state index contributed by atoms with van der Waals surface area (Å²) in [5.41, 5.74) is 1.13. The molecule has 4 amide bonds. The number of hydrogen-bond donors (Lipinski definition) is 4. The van der Waals surface area contributed by atoms with Crippen molar-refractivity contribution in [3.8, 4) is 0 Å². The van der Waals surface area contributed by atoms with Crippen molar-refractivity contribution in [2.45, 2.75) is 84.2 Å². The number of aldehydes is 1. The molecule has 3 rings (SSSR count). The van der Waals surface area contributed by atoms with Crippen LogP contribution < -0.4 is 21.3 Å². The highest BCUT2D eigenvalue weighted by atomic mass is 16.2. The van der Waals surface area contributed by atoms with Crippen molar-refractivity contribution in [2.75, 3.05) is 6.54 Å². The number of benzene rings is 1. The first-order valence-corrected chi connectivity index (χ1v) is 14.8. The van der Waals surface area contributed by atoms with E-state index in [4.69, 9.17) is 0 Å². The molecule has 4 N–H and O–H groups in total. The summed E-state index contributed by atoms with van der Waals surface area (Å²) in [4.78, 5) is 74.4. The number of nitrogens with zero attached hydrogens (tertiary/aromatic N) is 3. The third kappa shape index (κ3) is 9.15. The first-order chi connectivity index (χ1) is 20.5. The lowest BCUT2D eigenvalue weighted by atomic mass is 9.98. The number of amides is 4. The fraction of sp³-hybridized carbons (Fsp3) is 0.516. The zero-order chi connectivity index (χ0) is 31.5. The summed E-state index contributed by atoms with van der Waals surface area (Å²) in [5.74, 6) is -2.52. The lowest BCUT2D eigenvalue weighted by molar-refractivity contribution is -0.143.